The Labute approximate surface area is 137 Å². The van der Waals surface area contributed by atoms with Gasteiger partial charge in [-0.2, -0.15) is 0 Å². The Morgan fingerprint density at radius 3 is 2.46 bits per heavy atom. The van der Waals surface area contributed by atoms with E-state index in [9.17, 15) is 14.4 Å². The molecule has 1 heterocycles. The molecule has 0 saturated carbocycles. The number of aromatic nitrogens is 1. The number of anilines is 1. The van der Waals surface area contributed by atoms with E-state index in [2.05, 4.69) is 15.0 Å². The molecule has 0 aliphatic heterocycles. The number of carbonyl (C=O) groups is 3. The van der Waals surface area contributed by atoms with Gasteiger partial charge in [-0.1, -0.05) is 30.3 Å². The molecule has 0 saturated heterocycles. The molecule has 2 N–H and O–H groups in total. The van der Waals surface area contributed by atoms with Crippen LogP contribution >= 0.6 is 0 Å². The summed E-state index contributed by atoms with van der Waals surface area (Å²) in [5, 5.41) is 3.14. The van der Waals surface area contributed by atoms with Crippen molar-refractivity contribution in [3.05, 3.63) is 65.9 Å². The molecular formula is C18H14N2O4. The van der Waals surface area contributed by atoms with Gasteiger partial charge in [0.15, 0.2) is 0 Å². The highest BCUT2D eigenvalue weighted by molar-refractivity contribution is 6.48. The van der Waals surface area contributed by atoms with Crippen molar-refractivity contribution in [2.75, 3.05) is 12.4 Å². The lowest BCUT2D eigenvalue weighted by Crippen LogP contribution is -2.24. The van der Waals surface area contributed by atoms with Crippen LogP contribution in [0, 0.1) is 0 Å². The number of amides is 1. The molecule has 24 heavy (non-hydrogen) atoms. The summed E-state index contributed by atoms with van der Waals surface area (Å²) in [4.78, 5) is 39.4. The van der Waals surface area contributed by atoms with Gasteiger partial charge in [0.05, 0.1) is 23.9 Å². The average molecular weight is 322 g/mol. The molecule has 6 nitrogen and oxygen atoms in total. The van der Waals surface area contributed by atoms with Crippen LogP contribution in [0.1, 0.15) is 20.7 Å². The Bertz CT molecular complexity index is 943. The molecule has 3 aromatic rings. The van der Waals surface area contributed by atoms with Crippen molar-refractivity contribution in [1.82, 2.24) is 4.98 Å². The van der Waals surface area contributed by atoms with Gasteiger partial charge in [-0.3, -0.25) is 9.59 Å². The summed E-state index contributed by atoms with van der Waals surface area (Å²) in [7, 11) is 1.25. The van der Waals surface area contributed by atoms with Crippen molar-refractivity contribution < 1.29 is 19.1 Å². The lowest BCUT2D eigenvalue weighted by atomic mass is 10.1. The molecule has 0 aliphatic rings. The number of fused-ring (bicyclic) bond motifs is 1. The second kappa shape index (κ2) is 6.37. The van der Waals surface area contributed by atoms with Gasteiger partial charge in [-0.25, -0.2) is 4.79 Å². The minimum absolute atomic E-state index is 0.181. The van der Waals surface area contributed by atoms with E-state index in [4.69, 9.17) is 0 Å². The highest BCUT2D eigenvalue weighted by Gasteiger charge is 2.22. The first-order valence-corrected chi connectivity index (χ1v) is 7.21. The van der Waals surface area contributed by atoms with Crippen LogP contribution in [0.2, 0.25) is 0 Å². The smallest absolute Gasteiger partial charge is 0.339 e. The number of hydrogen-bond donors (Lipinski definition) is 2. The predicted octanol–water partition coefficient (Wildman–Crippen LogP) is 2.78. The highest BCUT2D eigenvalue weighted by atomic mass is 16.5. The lowest BCUT2D eigenvalue weighted by molar-refractivity contribution is -0.112. The van der Waals surface area contributed by atoms with E-state index < -0.39 is 17.7 Å². The molecule has 0 fully saturated rings. The molecule has 0 radical (unpaired) electrons. The summed E-state index contributed by atoms with van der Waals surface area (Å²) < 4.78 is 4.67. The molecular weight excluding hydrogens is 308 g/mol. The average Bonchev–Trinajstić information content (AvgIpc) is 3.05. The number of H-pyrrole nitrogens is 1. The van der Waals surface area contributed by atoms with Crippen LogP contribution in [-0.4, -0.2) is 29.8 Å². The zero-order valence-electron chi connectivity index (χ0n) is 12.8. The van der Waals surface area contributed by atoms with Crippen LogP contribution in [-0.2, 0) is 9.53 Å². The van der Waals surface area contributed by atoms with Gasteiger partial charge in [0.25, 0.3) is 11.7 Å². The minimum Gasteiger partial charge on any atom is -0.465 e. The van der Waals surface area contributed by atoms with E-state index in [1.807, 2.05) is 12.1 Å². The van der Waals surface area contributed by atoms with E-state index >= 15 is 0 Å². The first-order valence-electron chi connectivity index (χ1n) is 7.21. The predicted molar refractivity (Wildman–Crippen MR) is 89.0 cm³/mol. The molecule has 0 atom stereocenters. The van der Waals surface area contributed by atoms with Gasteiger partial charge in [-0.15, -0.1) is 0 Å². The third-order valence-electron chi connectivity index (χ3n) is 3.62. The maximum Gasteiger partial charge on any atom is 0.339 e. The molecule has 2 aromatic carbocycles. The van der Waals surface area contributed by atoms with Crippen LogP contribution < -0.4 is 5.32 Å². The summed E-state index contributed by atoms with van der Waals surface area (Å²) in [6.07, 6.45) is 1.50. The summed E-state index contributed by atoms with van der Waals surface area (Å²) in [5.74, 6) is -2.10. The fraction of sp³-hybridized carbons (Fsp3) is 0.0556. The molecule has 6 heteroatoms. The van der Waals surface area contributed by atoms with Crippen LogP contribution in [0.25, 0.3) is 10.9 Å². The number of Topliss-reactive ketones (excluding diaryl/α,β-unsaturated/α-hetero) is 1. The number of ether oxygens (including phenoxy) is 1. The number of carbonyl (C=O) groups excluding carboxylic acids is 3. The molecule has 0 unspecified atom stereocenters. The molecule has 0 aliphatic carbocycles. The molecule has 3 rings (SSSR count). The zero-order valence-corrected chi connectivity index (χ0v) is 12.8. The number of benzene rings is 2. The number of methoxy groups -OCH3 is 1. The molecule has 1 amide bonds. The normalized spacial score (nSPS) is 10.4. The Balaban J connectivity index is 1.88. The van der Waals surface area contributed by atoms with Crippen molar-refractivity contribution >= 4 is 34.3 Å². The van der Waals surface area contributed by atoms with Gasteiger partial charge in [-0.05, 0) is 18.2 Å². The molecule has 0 bridgehead atoms. The number of aromatic amines is 1. The summed E-state index contributed by atoms with van der Waals surface area (Å²) >= 11 is 0. The highest BCUT2D eigenvalue weighted by Crippen LogP contribution is 2.20. The van der Waals surface area contributed by atoms with E-state index in [0.29, 0.717) is 5.39 Å². The van der Waals surface area contributed by atoms with Crippen molar-refractivity contribution in [3.63, 3.8) is 0 Å². The number of rotatable bonds is 4. The SMILES string of the molecule is COC(=O)c1ccccc1NC(=O)C(=O)c1c[nH]c2ccccc12. The number of ketones is 1. The van der Waals surface area contributed by atoms with Gasteiger partial charge in [0, 0.05) is 17.1 Å². The monoisotopic (exact) mass is 322 g/mol. The number of para-hydroxylation sites is 2. The van der Waals surface area contributed by atoms with Crippen LogP contribution in [0.4, 0.5) is 5.69 Å². The summed E-state index contributed by atoms with van der Waals surface area (Å²) in [5.41, 5.74) is 1.45. The standard InChI is InChI=1S/C18H14N2O4/c1-24-18(23)12-7-3-5-9-15(12)20-17(22)16(21)13-10-19-14-8-4-2-6-11(13)14/h2-10,19H,1H3,(H,20,22). The van der Waals surface area contributed by atoms with Crippen molar-refractivity contribution in [2.45, 2.75) is 0 Å². The van der Waals surface area contributed by atoms with Crippen LogP contribution in [0.15, 0.2) is 54.7 Å². The lowest BCUT2D eigenvalue weighted by Gasteiger charge is -2.08. The maximum atomic E-state index is 12.4. The Kier molecular flexibility index (Phi) is 4.11. The van der Waals surface area contributed by atoms with E-state index in [1.165, 1.54) is 25.4 Å². The van der Waals surface area contributed by atoms with Crippen LogP contribution in [0.5, 0.6) is 0 Å². The van der Waals surface area contributed by atoms with Crippen molar-refractivity contribution in [3.8, 4) is 0 Å². The molecule has 1 aromatic heterocycles. The summed E-state index contributed by atoms with van der Waals surface area (Å²) in [6, 6.07) is 13.5. The Hall–Kier alpha value is -3.41. The fourth-order valence-corrected chi connectivity index (χ4v) is 2.44. The van der Waals surface area contributed by atoms with E-state index in [1.54, 1.807) is 24.3 Å². The second-order valence-corrected chi connectivity index (χ2v) is 5.07. The Morgan fingerprint density at radius 2 is 1.67 bits per heavy atom. The third kappa shape index (κ3) is 2.77. The number of nitrogens with one attached hydrogen (secondary N) is 2. The number of esters is 1. The van der Waals surface area contributed by atoms with E-state index in [0.717, 1.165) is 5.52 Å². The van der Waals surface area contributed by atoms with Gasteiger partial charge >= 0.3 is 5.97 Å². The van der Waals surface area contributed by atoms with Crippen molar-refractivity contribution in [2.24, 2.45) is 0 Å². The minimum atomic E-state index is -0.823. The number of hydrogen-bond acceptors (Lipinski definition) is 4. The largest absolute Gasteiger partial charge is 0.465 e. The maximum absolute atomic E-state index is 12.4. The second-order valence-electron chi connectivity index (χ2n) is 5.07. The van der Waals surface area contributed by atoms with Crippen LogP contribution in [0.3, 0.4) is 0 Å². The quantitative estimate of drug-likeness (QED) is 0.439. The van der Waals surface area contributed by atoms with Gasteiger partial charge in [0.2, 0.25) is 0 Å². The topological polar surface area (TPSA) is 88.3 Å². The first-order chi connectivity index (χ1) is 11.6. The van der Waals surface area contributed by atoms with Gasteiger partial charge in [0.1, 0.15) is 0 Å². The fourth-order valence-electron chi connectivity index (χ4n) is 2.44. The summed E-state index contributed by atoms with van der Waals surface area (Å²) in [6.45, 7) is 0. The zero-order chi connectivity index (χ0) is 17.1. The van der Waals surface area contributed by atoms with Crippen molar-refractivity contribution in [1.29, 1.82) is 0 Å². The van der Waals surface area contributed by atoms with Gasteiger partial charge < -0.3 is 15.0 Å². The van der Waals surface area contributed by atoms with E-state index in [-0.39, 0.29) is 16.8 Å². The Morgan fingerprint density at radius 1 is 0.958 bits per heavy atom. The molecule has 0 spiro atoms. The first kappa shape index (κ1) is 15.5. The molecule has 120 valence electrons. The third-order valence-corrected chi connectivity index (χ3v) is 3.62.